The lowest BCUT2D eigenvalue weighted by atomic mass is 9.76. The Balaban J connectivity index is 1.37. The van der Waals surface area contributed by atoms with E-state index < -0.39 is 21.4 Å². The molecule has 0 amide bonds. The van der Waals surface area contributed by atoms with Crippen molar-refractivity contribution in [3.8, 4) is 0 Å². The van der Waals surface area contributed by atoms with E-state index in [2.05, 4.69) is 4.98 Å². The van der Waals surface area contributed by atoms with Gasteiger partial charge in [-0.25, -0.2) is 13.4 Å². The van der Waals surface area contributed by atoms with Crippen molar-refractivity contribution in [3.63, 3.8) is 0 Å². The number of aromatic nitrogens is 1. The second kappa shape index (κ2) is 9.09. The highest BCUT2D eigenvalue weighted by Crippen LogP contribution is 2.42. The molecule has 35 heavy (non-hydrogen) atoms. The first-order chi connectivity index (χ1) is 16.7. The first-order valence-electron chi connectivity index (χ1n) is 11.6. The molecule has 1 aliphatic heterocycles. The minimum atomic E-state index is -3.72. The van der Waals surface area contributed by atoms with E-state index in [0.717, 1.165) is 15.8 Å². The lowest BCUT2D eigenvalue weighted by molar-refractivity contribution is -0.144. The fourth-order valence-corrected chi connectivity index (χ4v) is 8.01. The van der Waals surface area contributed by atoms with E-state index in [1.54, 1.807) is 12.1 Å². The Bertz CT molecular complexity index is 1390. The van der Waals surface area contributed by atoms with E-state index in [4.69, 9.17) is 5.73 Å². The van der Waals surface area contributed by atoms with Crippen molar-refractivity contribution < 1.29 is 23.1 Å². The number of rotatable bonds is 8. The van der Waals surface area contributed by atoms with Gasteiger partial charge in [-0.2, -0.15) is 4.31 Å². The van der Waals surface area contributed by atoms with Gasteiger partial charge in [0.25, 0.3) is 0 Å². The average Bonchev–Trinajstić information content (AvgIpc) is 3.52. The highest BCUT2D eigenvalue weighted by molar-refractivity contribution is 7.89. The monoisotopic (exact) mass is 513 g/mol. The van der Waals surface area contributed by atoms with Gasteiger partial charge in [0, 0.05) is 37.4 Å². The van der Waals surface area contributed by atoms with Crippen LogP contribution in [-0.4, -0.2) is 53.7 Å². The summed E-state index contributed by atoms with van der Waals surface area (Å²) in [7, 11) is -3.72. The number of carbonyl (C=O) groups is 2. The number of carbonyl (C=O) groups excluding carboxylic acids is 1. The van der Waals surface area contributed by atoms with Gasteiger partial charge in [0.05, 0.1) is 16.1 Å². The van der Waals surface area contributed by atoms with E-state index >= 15 is 0 Å². The summed E-state index contributed by atoms with van der Waals surface area (Å²) in [5.41, 5.74) is 7.43. The number of thiazole rings is 1. The fourth-order valence-electron chi connectivity index (χ4n) is 5.29. The van der Waals surface area contributed by atoms with Crippen molar-refractivity contribution in [1.82, 2.24) is 9.29 Å². The van der Waals surface area contributed by atoms with Gasteiger partial charge in [-0.3, -0.25) is 9.59 Å². The summed E-state index contributed by atoms with van der Waals surface area (Å²) in [6, 6.07) is 12.6. The number of hydrogen-bond acceptors (Lipinski definition) is 7. The van der Waals surface area contributed by atoms with Crippen LogP contribution in [0.3, 0.4) is 0 Å². The van der Waals surface area contributed by atoms with Crippen LogP contribution in [0.15, 0.2) is 47.4 Å². The van der Waals surface area contributed by atoms with Crippen LogP contribution in [0.1, 0.15) is 35.4 Å². The van der Waals surface area contributed by atoms with Gasteiger partial charge in [-0.05, 0) is 42.5 Å². The number of nitrogens with zero attached hydrogens (tertiary/aromatic N) is 2. The Kier molecular flexibility index (Phi) is 6.25. The molecule has 0 spiro atoms. The number of para-hydroxylation sites is 1. The van der Waals surface area contributed by atoms with Crippen molar-refractivity contribution in [1.29, 1.82) is 0 Å². The average molecular weight is 514 g/mol. The van der Waals surface area contributed by atoms with Crippen molar-refractivity contribution >= 4 is 43.3 Å². The number of nitrogens with two attached hydrogens (primary N) is 1. The van der Waals surface area contributed by atoms with E-state index in [9.17, 15) is 23.1 Å². The third kappa shape index (κ3) is 4.51. The van der Waals surface area contributed by atoms with Gasteiger partial charge in [-0.1, -0.05) is 30.3 Å². The van der Waals surface area contributed by atoms with E-state index in [-0.39, 0.29) is 36.1 Å². The maximum absolute atomic E-state index is 13.4. The van der Waals surface area contributed by atoms with Crippen molar-refractivity contribution in [2.24, 2.45) is 11.1 Å². The smallest absolute Gasteiger partial charge is 0.304 e. The number of hydrogen-bond donors (Lipinski definition) is 2. The van der Waals surface area contributed by atoms with Gasteiger partial charge in [0.1, 0.15) is 16.2 Å². The summed E-state index contributed by atoms with van der Waals surface area (Å²) >= 11 is 1.37. The topological polar surface area (TPSA) is 131 Å². The molecule has 5 rings (SSSR count). The molecule has 1 unspecified atom stereocenters. The third-order valence-electron chi connectivity index (χ3n) is 7.05. The van der Waals surface area contributed by atoms with Crippen LogP contribution in [0, 0.1) is 5.41 Å². The fraction of sp³-hybridized carbons (Fsp3) is 0.400. The molecular weight excluding hydrogens is 486 g/mol. The molecule has 10 heteroatoms. The minimum absolute atomic E-state index is 0.0887. The Morgan fingerprint density at radius 3 is 2.49 bits per heavy atom. The zero-order valence-electron chi connectivity index (χ0n) is 19.1. The molecule has 0 radical (unpaired) electrons. The van der Waals surface area contributed by atoms with Crippen molar-refractivity contribution in [3.05, 3.63) is 58.6 Å². The lowest BCUT2D eigenvalue weighted by Gasteiger charge is -2.25. The van der Waals surface area contributed by atoms with Crippen LogP contribution in [-0.2, 0) is 38.9 Å². The molecule has 1 aromatic heterocycles. The van der Waals surface area contributed by atoms with Gasteiger partial charge >= 0.3 is 5.97 Å². The van der Waals surface area contributed by atoms with Crippen LogP contribution in [0.4, 0.5) is 0 Å². The normalized spacial score (nSPS) is 19.7. The molecule has 1 aliphatic carbocycles. The predicted molar refractivity (Wildman–Crippen MR) is 133 cm³/mol. The summed E-state index contributed by atoms with van der Waals surface area (Å²) in [6.07, 6.45) is 1.76. The van der Waals surface area contributed by atoms with E-state index in [1.807, 2.05) is 30.3 Å². The molecule has 184 valence electrons. The lowest BCUT2D eigenvalue weighted by Crippen LogP contribution is -2.35. The molecule has 3 aromatic rings. The molecule has 3 N–H and O–H groups in total. The van der Waals surface area contributed by atoms with Crippen LogP contribution >= 0.6 is 11.3 Å². The number of aliphatic carboxylic acids is 1. The Morgan fingerprint density at radius 2 is 1.86 bits per heavy atom. The number of carboxylic acids is 1. The van der Waals surface area contributed by atoms with Gasteiger partial charge in [0.15, 0.2) is 0 Å². The molecule has 0 bridgehead atoms. The molecule has 2 aromatic carbocycles. The van der Waals surface area contributed by atoms with Crippen LogP contribution in [0.2, 0.25) is 0 Å². The molecule has 1 saturated heterocycles. The Hall–Kier alpha value is -2.66. The zero-order valence-corrected chi connectivity index (χ0v) is 20.8. The maximum Gasteiger partial charge on any atom is 0.304 e. The van der Waals surface area contributed by atoms with Crippen molar-refractivity contribution in [2.75, 3.05) is 13.1 Å². The number of carboxylic acid groups (broad SMARTS) is 1. The second-order valence-corrected chi connectivity index (χ2v) is 12.5. The summed E-state index contributed by atoms with van der Waals surface area (Å²) in [5, 5.41) is 10.2. The van der Waals surface area contributed by atoms with Crippen LogP contribution in [0.5, 0.6) is 0 Å². The second-order valence-electron chi connectivity index (χ2n) is 9.52. The van der Waals surface area contributed by atoms with E-state index in [0.29, 0.717) is 42.8 Å². The first kappa shape index (κ1) is 24.1. The summed E-state index contributed by atoms with van der Waals surface area (Å²) in [4.78, 5) is 29.8. The molecule has 2 heterocycles. The first-order valence-corrected chi connectivity index (χ1v) is 13.9. The van der Waals surface area contributed by atoms with Crippen molar-refractivity contribution in [2.45, 2.75) is 49.5 Å². The molecule has 8 nitrogen and oxygen atoms in total. The standard InChI is InChI=1S/C25H27N3O5S2/c26-18-10-11-28(15-18)35(32,33)20-7-3-6-19-24(20)27-22(34-19)9-8-21(29)25(14-23(30)31)12-16-4-1-2-5-17(16)13-25/h1-7,18H,8-15,26H2,(H,30,31). The molecule has 1 atom stereocenters. The number of sulfonamides is 1. The van der Waals surface area contributed by atoms with E-state index in [1.165, 1.54) is 15.6 Å². The summed E-state index contributed by atoms with van der Waals surface area (Å²) in [6.45, 7) is 0.678. The molecule has 2 aliphatic rings. The zero-order chi connectivity index (χ0) is 24.8. The molecule has 0 saturated carbocycles. The predicted octanol–water partition coefficient (Wildman–Crippen LogP) is 2.78. The summed E-state index contributed by atoms with van der Waals surface area (Å²) < 4.78 is 28.6. The SMILES string of the molecule is NC1CCN(S(=O)(=O)c2cccc3sc(CCC(=O)C4(CC(=O)O)Cc5ccccc5C4)nc23)C1. The quantitative estimate of drug-likeness (QED) is 0.474. The number of ketones is 1. The number of benzene rings is 2. The van der Waals surface area contributed by atoms with Gasteiger partial charge in [-0.15, -0.1) is 11.3 Å². The highest BCUT2D eigenvalue weighted by Gasteiger charge is 2.44. The Labute approximate surface area is 207 Å². The number of fused-ring (bicyclic) bond motifs is 2. The van der Waals surface area contributed by atoms with Gasteiger partial charge < -0.3 is 10.8 Å². The van der Waals surface area contributed by atoms with Crippen LogP contribution in [0.25, 0.3) is 10.2 Å². The van der Waals surface area contributed by atoms with Gasteiger partial charge in [0.2, 0.25) is 10.0 Å². The van der Waals surface area contributed by atoms with Crippen LogP contribution < -0.4 is 5.73 Å². The largest absolute Gasteiger partial charge is 0.481 e. The summed E-state index contributed by atoms with van der Waals surface area (Å²) in [5.74, 6) is -1.07. The molecule has 1 fully saturated rings. The number of aryl methyl sites for hydroxylation is 1. The number of Topliss-reactive ketones (excluding diaryl/α,β-unsaturated/α-hetero) is 1. The molecular formula is C25H27N3O5S2. The Morgan fingerprint density at radius 1 is 1.14 bits per heavy atom. The third-order valence-corrected chi connectivity index (χ3v) is 10.0. The highest BCUT2D eigenvalue weighted by atomic mass is 32.2. The minimum Gasteiger partial charge on any atom is -0.481 e. The maximum atomic E-state index is 13.4.